The summed E-state index contributed by atoms with van der Waals surface area (Å²) in [6, 6.07) is 10.7. The molecular weight excluding hydrogens is 196 g/mol. The van der Waals surface area contributed by atoms with Crippen LogP contribution in [0.1, 0.15) is 24.6 Å². The molecule has 0 aliphatic heterocycles. The van der Waals surface area contributed by atoms with Gasteiger partial charge in [0.05, 0.1) is 5.52 Å². The summed E-state index contributed by atoms with van der Waals surface area (Å²) in [5.41, 5.74) is 9.48. The Morgan fingerprint density at radius 3 is 2.81 bits per heavy atom. The number of hydrogen-bond donors (Lipinski definition) is 1. The molecule has 0 spiro atoms. The molecule has 1 heterocycles. The van der Waals surface area contributed by atoms with Crippen LogP contribution in [-0.4, -0.2) is 11.0 Å². The highest BCUT2D eigenvalue weighted by atomic mass is 14.7. The first kappa shape index (κ1) is 11.1. The van der Waals surface area contributed by atoms with Gasteiger partial charge in [-0.15, -0.1) is 0 Å². The molecule has 2 heteroatoms. The largest absolute Gasteiger partial charge is 0.327 e. The van der Waals surface area contributed by atoms with E-state index >= 15 is 0 Å². The van der Waals surface area contributed by atoms with Crippen LogP contribution >= 0.6 is 0 Å². The van der Waals surface area contributed by atoms with E-state index in [0.717, 1.165) is 24.1 Å². The standard InChI is InChI=1S/C14H18N2/c1-3-12(15)9-11-8-10(2)16-14-7-5-4-6-13(11)14/h4-8,12H,3,9,15H2,1-2H3. The Morgan fingerprint density at radius 2 is 2.06 bits per heavy atom. The number of rotatable bonds is 3. The highest BCUT2D eigenvalue weighted by Crippen LogP contribution is 2.19. The van der Waals surface area contributed by atoms with Crippen molar-refractivity contribution in [3.05, 3.63) is 41.6 Å². The lowest BCUT2D eigenvalue weighted by Crippen LogP contribution is -2.21. The van der Waals surface area contributed by atoms with Gasteiger partial charge in [0.25, 0.3) is 0 Å². The summed E-state index contributed by atoms with van der Waals surface area (Å²) >= 11 is 0. The molecule has 16 heavy (non-hydrogen) atoms. The van der Waals surface area contributed by atoms with Crippen LogP contribution in [0.15, 0.2) is 30.3 Å². The molecular formula is C14H18N2. The Balaban J connectivity index is 2.50. The van der Waals surface area contributed by atoms with Crippen molar-refractivity contribution in [1.29, 1.82) is 0 Å². The van der Waals surface area contributed by atoms with Gasteiger partial charge in [-0.05, 0) is 37.5 Å². The highest BCUT2D eigenvalue weighted by molar-refractivity contribution is 5.82. The third-order valence-electron chi connectivity index (χ3n) is 2.94. The molecule has 0 saturated carbocycles. The maximum atomic E-state index is 6.03. The number of aromatic nitrogens is 1. The van der Waals surface area contributed by atoms with E-state index in [1.807, 2.05) is 13.0 Å². The van der Waals surface area contributed by atoms with Crippen LogP contribution < -0.4 is 5.73 Å². The molecule has 2 aromatic rings. The summed E-state index contributed by atoms with van der Waals surface area (Å²) in [4.78, 5) is 4.53. The van der Waals surface area contributed by atoms with Crippen LogP contribution in [-0.2, 0) is 6.42 Å². The van der Waals surface area contributed by atoms with E-state index in [9.17, 15) is 0 Å². The number of pyridine rings is 1. The van der Waals surface area contributed by atoms with E-state index in [1.165, 1.54) is 10.9 Å². The van der Waals surface area contributed by atoms with Gasteiger partial charge in [0.1, 0.15) is 0 Å². The number of hydrogen-bond acceptors (Lipinski definition) is 2. The van der Waals surface area contributed by atoms with Crippen molar-refractivity contribution in [3.63, 3.8) is 0 Å². The van der Waals surface area contributed by atoms with Crippen molar-refractivity contribution in [2.75, 3.05) is 0 Å². The summed E-state index contributed by atoms with van der Waals surface area (Å²) in [5, 5.41) is 1.23. The highest BCUT2D eigenvalue weighted by Gasteiger charge is 2.07. The van der Waals surface area contributed by atoms with Gasteiger partial charge in [0.15, 0.2) is 0 Å². The normalized spacial score (nSPS) is 12.9. The molecule has 0 amide bonds. The second-order valence-corrected chi connectivity index (χ2v) is 4.31. The maximum absolute atomic E-state index is 6.03. The molecule has 84 valence electrons. The quantitative estimate of drug-likeness (QED) is 0.853. The summed E-state index contributed by atoms with van der Waals surface area (Å²) in [7, 11) is 0. The Bertz CT molecular complexity index is 491. The van der Waals surface area contributed by atoms with Crippen LogP contribution in [0.2, 0.25) is 0 Å². The van der Waals surface area contributed by atoms with Crippen molar-refractivity contribution in [1.82, 2.24) is 4.98 Å². The zero-order valence-electron chi connectivity index (χ0n) is 9.90. The van der Waals surface area contributed by atoms with Crippen molar-refractivity contribution < 1.29 is 0 Å². The molecule has 1 atom stereocenters. The second-order valence-electron chi connectivity index (χ2n) is 4.31. The molecule has 2 N–H and O–H groups in total. The summed E-state index contributed by atoms with van der Waals surface area (Å²) in [6.45, 7) is 4.16. The molecule has 0 bridgehead atoms. The van der Waals surface area contributed by atoms with Crippen molar-refractivity contribution in [2.45, 2.75) is 32.7 Å². The molecule has 0 aliphatic rings. The third-order valence-corrected chi connectivity index (χ3v) is 2.94. The fourth-order valence-electron chi connectivity index (χ4n) is 1.99. The maximum Gasteiger partial charge on any atom is 0.0707 e. The zero-order valence-corrected chi connectivity index (χ0v) is 9.90. The summed E-state index contributed by atoms with van der Waals surface area (Å²) in [6.07, 6.45) is 1.94. The molecule has 0 fully saturated rings. The third kappa shape index (κ3) is 2.22. The van der Waals surface area contributed by atoms with Crippen LogP contribution in [0.3, 0.4) is 0 Å². The lowest BCUT2D eigenvalue weighted by molar-refractivity contribution is 0.648. The van der Waals surface area contributed by atoms with E-state index in [1.54, 1.807) is 0 Å². The summed E-state index contributed by atoms with van der Waals surface area (Å²) < 4.78 is 0. The van der Waals surface area contributed by atoms with E-state index in [4.69, 9.17) is 5.73 Å². The molecule has 2 nitrogen and oxygen atoms in total. The van der Waals surface area contributed by atoms with Gasteiger partial charge >= 0.3 is 0 Å². The SMILES string of the molecule is CCC(N)Cc1cc(C)nc2ccccc12. The Kier molecular flexibility index (Phi) is 3.20. The second kappa shape index (κ2) is 4.62. The number of para-hydroxylation sites is 1. The van der Waals surface area contributed by atoms with Crippen molar-refractivity contribution in [3.8, 4) is 0 Å². The number of nitrogens with zero attached hydrogens (tertiary/aromatic N) is 1. The molecule has 1 aromatic heterocycles. The molecule has 1 unspecified atom stereocenters. The zero-order chi connectivity index (χ0) is 11.5. The number of nitrogens with two attached hydrogens (primary N) is 1. The van der Waals surface area contributed by atoms with Gasteiger partial charge in [0, 0.05) is 17.1 Å². The smallest absolute Gasteiger partial charge is 0.0707 e. The van der Waals surface area contributed by atoms with Gasteiger partial charge in [-0.25, -0.2) is 0 Å². The van der Waals surface area contributed by atoms with Gasteiger partial charge in [-0.3, -0.25) is 4.98 Å². The van der Waals surface area contributed by atoms with Crippen molar-refractivity contribution in [2.24, 2.45) is 5.73 Å². The Hall–Kier alpha value is -1.41. The number of benzene rings is 1. The van der Waals surface area contributed by atoms with E-state index in [-0.39, 0.29) is 6.04 Å². The first-order valence-electron chi connectivity index (χ1n) is 5.81. The average molecular weight is 214 g/mol. The minimum Gasteiger partial charge on any atom is -0.327 e. The molecule has 2 rings (SSSR count). The fraction of sp³-hybridized carbons (Fsp3) is 0.357. The van der Waals surface area contributed by atoms with E-state index in [0.29, 0.717) is 0 Å². The minimum atomic E-state index is 0.241. The fourth-order valence-corrected chi connectivity index (χ4v) is 1.99. The first-order chi connectivity index (χ1) is 7.70. The Morgan fingerprint density at radius 1 is 1.31 bits per heavy atom. The molecule has 0 aliphatic carbocycles. The average Bonchev–Trinajstić information content (AvgIpc) is 2.28. The van der Waals surface area contributed by atoms with Gasteiger partial charge in [-0.2, -0.15) is 0 Å². The summed E-state index contributed by atoms with van der Waals surface area (Å²) in [5.74, 6) is 0. The monoisotopic (exact) mass is 214 g/mol. The topological polar surface area (TPSA) is 38.9 Å². The number of aryl methyl sites for hydroxylation is 1. The van der Waals surface area contributed by atoms with Gasteiger partial charge in [-0.1, -0.05) is 25.1 Å². The van der Waals surface area contributed by atoms with Gasteiger partial charge < -0.3 is 5.73 Å². The van der Waals surface area contributed by atoms with E-state index < -0.39 is 0 Å². The van der Waals surface area contributed by atoms with Crippen LogP contribution in [0.25, 0.3) is 10.9 Å². The minimum absolute atomic E-state index is 0.241. The predicted molar refractivity (Wildman–Crippen MR) is 68.5 cm³/mol. The molecule has 0 radical (unpaired) electrons. The predicted octanol–water partition coefficient (Wildman–Crippen LogP) is 2.82. The van der Waals surface area contributed by atoms with E-state index in [2.05, 4.69) is 36.2 Å². The Labute approximate surface area is 96.5 Å². The van der Waals surface area contributed by atoms with Crippen LogP contribution in [0.5, 0.6) is 0 Å². The lowest BCUT2D eigenvalue weighted by Gasteiger charge is -2.12. The molecule has 1 aromatic carbocycles. The van der Waals surface area contributed by atoms with Crippen molar-refractivity contribution >= 4 is 10.9 Å². The number of fused-ring (bicyclic) bond motifs is 1. The lowest BCUT2D eigenvalue weighted by atomic mass is 10.00. The van der Waals surface area contributed by atoms with Crippen LogP contribution in [0, 0.1) is 6.92 Å². The first-order valence-corrected chi connectivity index (χ1v) is 5.81. The van der Waals surface area contributed by atoms with Gasteiger partial charge in [0.2, 0.25) is 0 Å². The van der Waals surface area contributed by atoms with Crippen LogP contribution in [0.4, 0.5) is 0 Å². The molecule has 0 saturated heterocycles.